The molecule has 3 nitrogen and oxygen atoms in total. The summed E-state index contributed by atoms with van der Waals surface area (Å²) in [5.74, 6) is 0.415. The van der Waals surface area contributed by atoms with E-state index in [2.05, 4.69) is 25.8 Å². The van der Waals surface area contributed by atoms with Crippen LogP contribution in [0.25, 0.3) is 0 Å². The maximum absolute atomic E-state index is 13.2. The second-order valence-corrected chi connectivity index (χ2v) is 6.13. The third kappa shape index (κ3) is 3.58. The molecule has 0 saturated heterocycles. The van der Waals surface area contributed by atoms with E-state index in [1.165, 1.54) is 6.07 Å². The van der Waals surface area contributed by atoms with Crippen molar-refractivity contribution in [2.24, 2.45) is 0 Å². The van der Waals surface area contributed by atoms with Gasteiger partial charge in [-0.25, -0.2) is 9.37 Å². The van der Waals surface area contributed by atoms with Gasteiger partial charge in [0.05, 0.1) is 12.8 Å². The summed E-state index contributed by atoms with van der Waals surface area (Å²) in [6.45, 7) is 7.93. The van der Waals surface area contributed by atoms with Crippen molar-refractivity contribution in [3.05, 3.63) is 53.0 Å². The molecule has 1 N–H and O–H groups in total. The molecule has 112 valence electrons. The van der Waals surface area contributed by atoms with Crippen LogP contribution in [0.4, 0.5) is 4.39 Å². The first kappa shape index (κ1) is 15.4. The Bertz CT molecular complexity index is 648. The molecule has 0 unspecified atom stereocenters. The largest absolute Gasteiger partial charge is 0.438 e. The predicted octanol–water partition coefficient (Wildman–Crippen LogP) is 4.11. The highest BCUT2D eigenvalue weighted by Gasteiger charge is 2.20. The van der Waals surface area contributed by atoms with E-state index < -0.39 is 5.82 Å². The number of halogens is 1. The van der Waals surface area contributed by atoms with Gasteiger partial charge < -0.3 is 9.84 Å². The number of aliphatic hydroxyl groups excluding tert-OH is 1. The number of aromatic nitrogens is 1. The quantitative estimate of drug-likeness (QED) is 0.924. The molecular weight excluding hydrogens is 269 g/mol. The summed E-state index contributed by atoms with van der Waals surface area (Å²) < 4.78 is 19.0. The first-order valence-electron chi connectivity index (χ1n) is 6.85. The lowest BCUT2D eigenvalue weighted by Crippen LogP contribution is -2.13. The van der Waals surface area contributed by atoms with Gasteiger partial charge in [0.2, 0.25) is 5.88 Å². The predicted molar refractivity (Wildman–Crippen MR) is 80.1 cm³/mol. The molecule has 2 rings (SSSR count). The first-order valence-corrected chi connectivity index (χ1v) is 6.85. The summed E-state index contributed by atoms with van der Waals surface area (Å²) in [4.78, 5) is 3.94. The van der Waals surface area contributed by atoms with Gasteiger partial charge in [-0.3, -0.25) is 0 Å². The van der Waals surface area contributed by atoms with Gasteiger partial charge in [-0.2, -0.15) is 0 Å². The minimum Gasteiger partial charge on any atom is -0.438 e. The molecule has 0 radical (unpaired) electrons. The number of ether oxygens (including phenoxy) is 1. The van der Waals surface area contributed by atoms with E-state index in [1.807, 2.05) is 25.1 Å². The summed E-state index contributed by atoms with van der Waals surface area (Å²) >= 11 is 0. The van der Waals surface area contributed by atoms with E-state index in [4.69, 9.17) is 4.74 Å². The van der Waals surface area contributed by atoms with Crippen LogP contribution in [0, 0.1) is 12.7 Å². The van der Waals surface area contributed by atoms with E-state index in [1.54, 1.807) is 0 Å². The summed E-state index contributed by atoms with van der Waals surface area (Å²) in [6.07, 6.45) is 1.08. The standard InChI is InChI=1S/C17H20FNO2/c1-11-5-6-14(17(2,3)4)15(7-11)21-16-12(10-20)8-13(18)9-19-16/h5-9,20H,10H2,1-4H3. The molecule has 0 saturated carbocycles. The maximum atomic E-state index is 13.2. The number of benzene rings is 1. The average molecular weight is 289 g/mol. The van der Waals surface area contributed by atoms with Gasteiger partial charge in [0.15, 0.2) is 0 Å². The van der Waals surface area contributed by atoms with Crippen molar-refractivity contribution in [1.82, 2.24) is 4.98 Å². The molecule has 0 aliphatic heterocycles. The third-order valence-electron chi connectivity index (χ3n) is 3.21. The Labute approximate surface area is 124 Å². The van der Waals surface area contributed by atoms with Gasteiger partial charge in [-0.15, -0.1) is 0 Å². The minimum absolute atomic E-state index is 0.0948. The highest BCUT2D eigenvalue weighted by atomic mass is 19.1. The Hall–Kier alpha value is -1.94. The zero-order valence-corrected chi connectivity index (χ0v) is 12.8. The summed E-state index contributed by atoms with van der Waals surface area (Å²) in [5.41, 5.74) is 2.33. The van der Waals surface area contributed by atoms with Crippen LogP contribution in [-0.4, -0.2) is 10.1 Å². The Morgan fingerprint density at radius 2 is 1.95 bits per heavy atom. The Morgan fingerprint density at radius 1 is 1.24 bits per heavy atom. The molecular formula is C17H20FNO2. The van der Waals surface area contributed by atoms with Crippen LogP contribution >= 0.6 is 0 Å². The summed E-state index contributed by atoms with van der Waals surface area (Å²) in [6, 6.07) is 7.20. The highest BCUT2D eigenvalue weighted by Crippen LogP contribution is 2.35. The van der Waals surface area contributed by atoms with Crippen molar-refractivity contribution in [3.8, 4) is 11.6 Å². The van der Waals surface area contributed by atoms with E-state index in [0.29, 0.717) is 11.3 Å². The van der Waals surface area contributed by atoms with Crippen molar-refractivity contribution in [2.75, 3.05) is 0 Å². The highest BCUT2D eigenvalue weighted by molar-refractivity contribution is 5.44. The van der Waals surface area contributed by atoms with Crippen LogP contribution in [-0.2, 0) is 12.0 Å². The second kappa shape index (κ2) is 5.82. The van der Waals surface area contributed by atoms with Crippen LogP contribution in [0.3, 0.4) is 0 Å². The second-order valence-electron chi connectivity index (χ2n) is 6.13. The fourth-order valence-corrected chi connectivity index (χ4v) is 2.11. The maximum Gasteiger partial charge on any atom is 0.224 e. The van der Waals surface area contributed by atoms with Crippen LogP contribution in [0.5, 0.6) is 11.6 Å². The van der Waals surface area contributed by atoms with Crippen molar-refractivity contribution < 1.29 is 14.2 Å². The molecule has 1 aromatic carbocycles. The molecule has 0 aliphatic rings. The zero-order chi connectivity index (χ0) is 15.6. The van der Waals surface area contributed by atoms with E-state index in [0.717, 1.165) is 17.3 Å². The molecule has 21 heavy (non-hydrogen) atoms. The number of pyridine rings is 1. The number of aliphatic hydroxyl groups is 1. The topological polar surface area (TPSA) is 42.4 Å². The zero-order valence-electron chi connectivity index (χ0n) is 12.8. The summed E-state index contributed by atoms with van der Waals surface area (Å²) in [7, 11) is 0. The van der Waals surface area contributed by atoms with Crippen LogP contribution < -0.4 is 4.74 Å². The molecule has 1 aromatic heterocycles. The molecule has 0 atom stereocenters. The Morgan fingerprint density at radius 3 is 2.57 bits per heavy atom. The molecule has 0 spiro atoms. The van der Waals surface area contributed by atoms with Crippen molar-refractivity contribution in [2.45, 2.75) is 39.7 Å². The van der Waals surface area contributed by atoms with Gasteiger partial charge in [-0.1, -0.05) is 32.9 Å². The smallest absolute Gasteiger partial charge is 0.224 e. The molecule has 0 aliphatic carbocycles. The van der Waals surface area contributed by atoms with Crippen molar-refractivity contribution in [1.29, 1.82) is 0 Å². The average Bonchev–Trinajstić information content (AvgIpc) is 2.39. The van der Waals surface area contributed by atoms with E-state index in [-0.39, 0.29) is 17.9 Å². The number of rotatable bonds is 3. The van der Waals surface area contributed by atoms with Crippen molar-refractivity contribution >= 4 is 0 Å². The fourth-order valence-electron chi connectivity index (χ4n) is 2.11. The first-order chi connectivity index (χ1) is 9.81. The molecule has 4 heteroatoms. The molecule has 2 aromatic rings. The van der Waals surface area contributed by atoms with Crippen LogP contribution in [0.1, 0.15) is 37.5 Å². The van der Waals surface area contributed by atoms with Gasteiger partial charge in [0.1, 0.15) is 11.6 Å². The SMILES string of the molecule is Cc1ccc(C(C)(C)C)c(Oc2ncc(F)cc2CO)c1. The molecule has 0 amide bonds. The normalized spacial score (nSPS) is 11.5. The Balaban J connectivity index is 2.46. The number of nitrogens with zero attached hydrogens (tertiary/aromatic N) is 1. The number of hydrogen-bond donors (Lipinski definition) is 1. The summed E-state index contributed by atoms with van der Waals surface area (Å²) in [5, 5.41) is 9.32. The number of aryl methyl sites for hydroxylation is 1. The lowest BCUT2D eigenvalue weighted by Gasteiger charge is -2.23. The Kier molecular flexibility index (Phi) is 4.28. The van der Waals surface area contributed by atoms with Crippen LogP contribution in [0.15, 0.2) is 30.5 Å². The minimum atomic E-state index is -0.494. The van der Waals surface area contributed by atoms with Gasteiger partial charge >= 0.3 is 0 Å². The third-order valence-corrected chi connectivity index (χ3v) is 3.21. The van der Waals surface area contributed by atoms with E-state index in [9.17, 15) is 9.50 Å². The fraction of sp³-hybridized carbons (Fsp3) is 0.353. The van der Waals surface area contributed by atoms with Gasteiger partial charge in [-0.05, 0) is 30.0 Å². The van der Waals surface area contributed by atoms with Crippen molar-refractivity contribution in [3.63, 3.8) is 0 Å². The molecule has 1 heterocycles. The molecule has 0 fully saturated rings. The lowest BCUT2D eigenvalue weighted by molar-refractivity contribution is 0.273. The van der Waals surface area contributed by atoms with Gasteiger partial charge in [0.25, 0.3) is 0 Å². The monoisotopic (exact) mass is 289 g/mol. The lowest BCUT2D eigenvalue weighted by atomic mass is 9.86. The number of hydrogen-bond acceptors (Lipinski definition) is 3. The molecule has 0 bridgehead atoms. The van der Waals surface area contributed by atoms with E-state index >= 15 is 0 Å². The van der Waals surface area contributed by atoms with Crippen LogP contribution in [0.2, 0.25) is 0 Å². The van der Waals surface area contributed by atoms with Gasteiger partial charge in [0, 0.05) is 11.1 Å².